The van der Waals surface area contributed by atoms with Gasteiger partial charge >= 0.3 is 0 Å². The number of benzene rings is 1. The smallest absolute Gasteiger partial charge is 0.279 e. The molecular weight excluding hydrogens is 184 g/mol. The minimum Gasteiger partial charge on any atom is -0.330 e. The third-order valence-electron chi connectivity index (χ3n) is 3.05. The topological polar surface area (TPSA) is 26.0 Å². The molecule has 0 amide bonds. The molecule has 76 valence electrons. The van der Waals surface area contributed by atoms with Gasteiger partial charge in [-0.2, -0.15) is 0 Å². The zero-order chi connectivity index (χ0) is 10.2. The molecule has 1 aromatic rings. The summed E-state index contributed by atoms with van der Waals surface area (Å²) in [6.07, 6.45) is 1.07. The Bertz CT molecular complexity index is 317. The van der Waals surface area contributed by atoms with Crippen LogP contribution in [0.1, 0.15) is 18.4 Å². The van der Waals surface area contributed by atoms with Crippen LogP contribution in [-0.4, -0.2) is 6.54 Å². The Labute approximate surface area is 81.9 Å². The Kier molecular flexibility index (Phi) is 2.07. The second-order valence-electron chi connectivity index (χ2n) is 3.92. The molecule has 1 aliphatic carbocycles. The third kappa shape index (κ3) is 1.23. The molecule has 0 saturated heterocycles. The Hall–Kier alpha value is -0.960. The van der Waals surface area contributed by atoms with Crippen molar-refractivity contribution in [3.8, 4) is 0 Å². The Morgan fingerprint density at radius 2 is 1.79 bits per heavy atom. The van der Waals surface area contributed by atoms with Gasteiger partial charge in [0.25, 0.3) is 5.92 Å². The molecule has 2 N–H and O–H groups in total. The lowest BCUT2D eigenvalue weighted by atomic mass is 9.92. The van der Waals surface area contributed by atoms with E-state index in [0.717, 1.165) is 0 Å². The highest BCUT2D eigenvalue weighted by molar-refractivity contribution is 5.25. The van der Waals surface area contributed by atoms with Crippen LogP contribution in [0.2, 0.25) is 0 Å². The van der Waals surface area contributed by atoms with E-state index >= 15 is 0 Å². The second kappa shape index (κ2) is 3.02. The number of hydrogen-bond acceptors (Lipinski definition) is 1. The number of alkyl halides is 2. The number of rotatable bonds is 3. The van der Waals surface area contributed by atoms with Crippen molar-refractivity contribution in [2.75, 3.05) is 6.54 Å². The van der Waals surface area contributed by atoms with Gasteiger partial charge in [-0.3, -0.25) is 0 Å². The van der Waals surface area contributed by atoms with Crippen LogP contribution in [0.3, 0.4) is 0 Å². The minimum absolute atomic E-state index is 0.0644. The zero-order valence-electron chi connectivity index (χ0n) is 7.84. The van der Waals surface area contributed by atoms with E-state index in [1.807, 2.05) is 0 Å². The Balaban J connectivity index is 2.33. The van der Waals surface area contributed by atoms with Crippen LogP contribution in [0.5, 0.6) is 0 Å². The lowest BCUT2D eigenvalue weighted by Gasteiger charge is -2.25. The van der Waals surface area contributed by atoms with Crippen molar-refractivity contribution in [3.63, 3.8) is 0 Å². The molecule has 0 radical (unpaired) electrons. The summed E-state index contributed by atoms with van der Waals surface area (Å²) in [5.41, 5.74) is 4.53. The van der Waals surface area contributed by atoms with Gasteiger partial charge in [-0.1, -0.05) is 30.3 Å². The molecule has 1 aliphatic rings. The van der Waals surface area contributed by atoms with Gasteiger partial charge in [-0.15, -0.1) is 0 Å². The van der Waals surface area contributed by atoms with Gasteiger partial charge < -0.3 is 5.73 Å². The molecule has 1 nitrogen and oxygen atoms in total. The summed E-state index contributed by atoms with van der Waals surface area (Å²) in [5.74, 6) is -2.77. The molecule has 0 aliphatic heterocycles. The fourth-order valence-electron chi connectivity index (χ4n) is 1.75. The summed E-state index contributed by atoms with van der Waals surface area (Å²) in [7, 11) is 0. The lowest BCUT2D eigenvalue weighted by Crippen LogP contribution is -2.33. The average molecular weight is 197 g/mol. The average Bonchev–Trinajstić information content (AvgIpc) is 3.00. The van der Waals surface area contributed by atoms with Crippen molar-refractivity contribution in [1.29, 1.82) is 0 Å². The molecule has 3 heteroatoms. The Morgan fingerprint density at radius 3 is 2.21 bits per heavy atom. The van der Waals surface area contributed by atoms with Crippen LogP contribution in [0.15, 0.2) is 30.3 Å². The quantitative estimate of drug-likeness (QED) is 0.791. The summed E-state index contributed by atoms with van der Waals surface area (Å²) in [5, 5.41) is 0. The predicted molar refractivity (Wildman–Crippen MR) is 51.1 cm³/mol. The molecule has 0 unspecified atom stereocenters. The summed E-state index contributed by atoms with van der Waals surface area (Å²) in [6.45, 7) is 0.0644. The lowest BCUT2D eigenvalue weighted by molar-refractivity contribution is -0.0762. The predicted octanol–water partition coefficient (Wildman–Crippen LogP) is 2.52. The van der Waals surface area contributed by atoms with Crippen molar-refractivity contribution in [2.45, 2.75) is 18.8 Å². The van der Waals surface area contributed by atoms with Crippen LogP contribution in [-0.2, 0) is 5.92 Å². The largest absolute Gasteiger partial charge is 0.330 e. The fraction of sp³-hybridized carbons (Fsp3) is 0.455. The third-order valence-corrected chi connectivity index (χ3v) is 3.05. The standard InChI is InChI=1S/C11H13F2N/c12-11(13,10(8-14)6-7-10)9-4-2-1-3-5-9/h1-5H,6-8,14H2. The molecule has 0 heterocycles. The number of halogens is 2. The second-order valence-corrected chi connectivity index (χ2v) is 3.92. The van der Waals surface area contributed by atoms with E-state index in [0.29, 0.717) is 12.8 Å². The van der Waals surface area contributed by atoms with E-state index in [1.165, 1.54) is 12.1 Å². The maximum atomic E-state index is 13.9. The van der Waals surface area contributed by atoms with E-state index in [4.69, 9.17) is 5.73 Å². The first-order chi connectivity index (χ1) is 6.62. The van der Waals surface area contributed by atoms with E-state index in [1.54, 1.807) is 18.2 Å². The Morgan fingerprint density at radius 1 is 1.21 bits per heavy atom. The van der Waals surface area contributed by atoms with Gasteiger partial charge in [0.05, 0.1) is 5.41 Å². The van der Waals surface area contributed by atoms with Gasteiger partial charge in [0, 0.05) is 12.1 Å². The minimum atomic E-state index is -2.77. The normalized spacial score (nSPS) is 19.4. The van der Waals surface area contributed by atoms with Gasteiger partial charge in [-0.25, -0.2) is 8.78 Å². The highest BCUT2D eigenvalue weighted by Gasteiger charge is 2.61. The summed E-state index contributed by atoms with van der Waals surface area (Å²) < 4.78 is 27.8. The summed E-state index contributed by atoms with van der Waals surface area (Å²) in [6, 6.07) is 7.94. The maximum absolute atomic E-state index is 13.9. The van der Waals surface area contributed by atoms with Crippen LogP contribution in [0.25, 0.3) is 0 Å². The molecule has 14 heavy (non-hydrogen) atoms. The molecule has 1 saturated carbocycles. The number of nitrogens with two attached hydrogens (primary N) is 1. The van der Waals surface area contributed by atoms with Crippen molar-refractivity contribution in [1.82, 2.24) is 0 Å². The van der Waals surface area contributed by atoms with Crippen molar-refractivity contribution in [3.05, 3.63) is 35.9 Å². The maximum Gasteiger partial charge on any atom is 0.279 e. The molecule has 0 spiro atoms. The summed E-state index contributed by atoms with van der Waals surface area (Å²) in [4.78, 5) is 0. The van der Waals surface area contributed by atoms with Gasteiger partial charge in [0.2, 0.25) is 0 Å². The first-order valence-corrected chi connectivity index (χ1v) is 4.76. The highest BCUT2D eigenvalue weighted by atomic mass is 19.3. The van der Waals surface area contributed by atoms with E-state index in [9.17, 15) is 8.78 Å². The first-order valence-electron chi connectivity index (χ1n) is 4.76. The molecular formula is C11H13F2N. The van der Waals surface area contributed by atoms with Crippen molar-refractivity contribution >= 4 is 0 Å². The molecule has 1 fully saturated rings. The first kappa shape index (κ1) is 9.59. The van der Waals surface area contributed by atoms with Gasteiger partial charge in [0.15, 0.2) is 0 Å². The van der Waals surface area contributed by atoms with Crippen LogP contribution >= 0.6 is 0 Å². The van der Waals surface area contributed by atoms with E-state index < -0.39 is 11.3 Å². The van der Waals surface area contributed by atoms with Crippen LogP contribution in [0.4, 0.5) is 8.78 Å². The zero-order valence-corrected chi connectivity index (χ0v) is 7.84. The fourth-order valence-corrected chi connectivity index (χ4v) is 1.75. The molecule has 0 bridgehead atoms. The number of hydrogen-bond donors (Lipinski definition) is 1. The van der Waals surface area contributed by atoms with Crippen LogP contribution < -0.4 is 5.73 Å². The van der Waals surface area contributed by atoms with Crippen LogP contribution in [0, 0.1) is 5.41 Å². The molecule has 0 atom stereocenters. The van der Waals surface area contributed by atoms with Crippen molar-refractivity contribution in [2.24, 2.45) is 11.1 Å². The molecule has 1 aromatic carbocycles. The SMILES string of the molecule is NCC1(C(F)(F)c2ccccc2)CC1. The van der Waals surface area contributed by atoms with E-state index in [-0.39, 0.29) is 12.1 Å². The van der Waals surface area contributed by atoms with Gasteiger partial charge in [0.1, 0.15) is 0 Å². The monoisotopic (exact) mass is 197 g/mol. The molecule has 2 rings (SSSR count). The molecule has 0 aromatic heterocycles. The highest BCUT2D eigenvalue weighted by Crippen LogP contribution is 2.60. The summed E-state index contributed by atoms with van der Waals surface area (Å²) >= 11 is 0. The van der Waals surface area contributed by atoms with Crippen molar-refractivity contribution < 1.29 is 8.78 Å². The van der Waals surface area contributed by atoms with E-state index in [2.05, 4.69) is 0 Å². The van der Waals surface area contributed by atoms with Gasteiger partial charge in [-0.05, 0) is 12.8 Å².